The highest BCUT2D eigenvalue weighted by molar-refractivity contribution is 7.07. The van der Waals surface area contributed by atoms with Crippen molar-refractivity contribution in [2.24, 2.45) is 4.99 Å². The second kappa shape index (κ2) is 8.55. The third kappa shape index (κ3) is 3.89. The fraction of sp³-hybridized carbons (Fsp3) is 0.208. The van der Waals surface area contributed by atoms with E-state index in [4.69, 9.17) is 4.74 Å². The summed E-state index contributed by atoms with van der Waals surface area (Å²) < 4.78 is 20.3. The van der Waals surface area contributed by atoms with Crippen LogP contribution in [0.4, 0.5) is 10.1 Å². The van der Waals surface area contributed by atoms with Crippen molar-refractivity contribution in [1.29, 1.82) is 0 Å². The van der Waals surface area contributed by atoms with Crippen molar-refractivity contribution in [2.45, 2.75) is 13.0 Å². The van der Waals surface area contributed by atoms with Gasteiger partial charge in [-0.2, -0.15) is 0 Å². The van der Waals surface area contributed by atoms with Crippen LogP contribution in [0.3, 0.4) is 0 Å². The first kappa shape index (κ1) is 21.7. The average Bonchev–Trinajstić information content (AvgIpc) is 3.08. The van der Waals surface area contributed by atoms with E-state index in [0.29, 0.717) is 26.2 Å². The number of ether oxygens (including phenoxy) is 1. The van der Waals surface area contributed by atoms with Crippen molar-refractivity contribution >= 4 is 29.1 Å². The number of hydrogen-bond donors (Lipinski definition) is 0. The van der Waals surface area contributed by atoms with Crippen LogP contribution in [0, 0.1) is 5.82 Å². The number of nitrogens with zero attached hydrogens (tertiary/aromatic N) is 3. The highest BCUT2D eigenvalue weighted by atomic mass is 32.1. The van der Waals surface area contributed by atoms with Gasteiger partial charge in [0.05, 0.1) is 29.0 Å². The summed E-state index contributed by atoms with van der Waals surface area (Å²) in [6.07, 6.45) is 1.70. The molecule has 2 heterocycles. The summed E-state index contributed by atoms with van der Waals surface area (Å²) in [4.78, 5) is 33.1. The zero-order valence-corrected chi connectivity index (χ0v) is 18.9. The number of anilines is 1. The summed E-state index contributed by atoms with van der Waals surface area (Å²) in [5.74, 6) is -0.871. The minimum atomic E-state index is -0.662. The molecule has 0 bridgehead atoms. The van der Waals surface area contributed by atoms with Gasteiger partial charge >= 0.3 is 5.97 Å². The molecule has 1 aromatic heterocycles. The van der Waals surface area contributed by atoms with Crippen molar-refractivity contribution < 1.29 is 13.9 Å². The van der Waals surface area contributed by atoms with E-state index in [1.807, 2.05) is 43.3 Å². The minimum absolute atomic E-state index is 0.270. The second-order valence-electron chi connectivity index (χ2n) is 7.61. The standard InChI is InChI=1S/C24H22FN3O3S/c1-14-20(23(30)31-4)21(16-7-11-18(12-8-16)27(2)3)28-22(29)19(32-24(28)26-14)13-15-5-9-17(25)10-6-15/h5-13,21H,1-4H3/b19-13+. The maximum atomic E-state index is 13.4. The largest absolute Gasteiger partial charge is 0.466 e. The lowest BCUT2D eigenvalue weighted by atomic mass is 9.95. The smallest absolute Gasteiger partial charge is 0.338 e. The normalized spacial score (nSPS) is 15.9. The lowest BCUT2D eigenvalue weighted by Gasteiger charge is -2.25. The van der Waals surface area contributed by atoms with Crippen LogP contribution in [-0.2, 0) is 9.53 Å². The van der Waals surface area contributed by atoms with Gasteiger partial charge in [-0.15, -0.1) is 0 Å². The maximum absolute atomic E-state index is 13.4. The molecular weight excluding hydrogens is 429 g/mol. The fourth-order valence-corrected chi connectivity index (χ4v) is 4.72. The molecule has 1 unspecified atom stereocenters. The third-order valence-corrected chi connectivity index (χ3v) is 6.30. The number of benzene rings is 2. The summed E-state index contributed by atoms with van der Waals surface area (Å²) in [6, 6.07) is 12.9. The third-order valence-electron chi connectivity index (χ3n) is 5.32. The molecule has 2 aromatic carbocycles. The van der Waals surface area contributed by atoms with Gasteiger partial charge in [-0.1, -0.05) is 35.6 Å². The van der Waals surface area contributed by atoms with Crippen molar-refractivity contribution in [3.8, 4) is 0 Å². The second-order valence-corrected chi connectivity index (χ2v) is 8.62. The van der Waals surface area contributed by atoms with E-state index >= 15 is 0 Å². The molecule has 0 saturated heterocycles. The molecule has 32 heavy (non-hydrogen) atoms. The van der Waals surface area contributed by atoms with E-state index in [0.717, 1.165) is 11.3 Å². The Morgan fingerprint density at radius 3 is 2.41 bits per heavy atom. The Labute approximate surface area is 188 Å². The van der Waals surface area contributed by atoms with Gasteiger partial charge in [0.25, 0.3) is 5.56 Å². The van der Waals surface area contributed by atoms with Crippen molar-refractivity contribution in [3.63, 3.8) is 0 Å². The molecule has 4 rings (SSSR count). The van der Waals surface area contributed by atoms with Crippen LogP contribution in [0.2, 0.25) is 0 Å². The molecule has 0 fully saturated rings. The van der Waals surface area contributed by atoms with Crippen molar-refractivity contribution in [2.75, 3.05) is 26.1 Å². The Kier molecular flexibility index (Phi) is 5.80. The molecule has 0 saturated carbocycles. The Hall–Kier alpha value is -3.52. The molecule has 1 aliphatic heterocycles. The highest BCUT2D eigenvalue weighted by Gasteiger charge is 2.33. The highest BCUT2D eigenvalue weighted by Crippen LogP contribution is 2.31. The number of methoxy groups -OCH3 is 1. The molecule has 164 valence electrons. The van der Waals surface area contributed by atoms with Crippen molar-refractivity contribution in [3.05, 3.63) is 96.4 Å². The average molecular weight is 452 g/mol. The van der Waals surface area contributed by atoms with Gasteiger partial charge in [0.2, 0.25) is 0 Å². The van der Waals surface area contributed by atoms with Gasteiger partial charge in [0.15, 0.2) is 4.80 Å². The molecule has 3 aromatic rings. The zero-order chi connectivity index (χ0) is 23.0. The number of rotatable bonds is 4. The molecule has 8 heteroatoms. The van der Waals surface area contributed by atoms with Gasteiger partial charge in [-0.25, -0.2) is 14.2 Å². The van der Waals surface area contributed by atoms with Crippen LogP contribution in [-0.4, -0.2) is 31.7 Å². The summed E-state index contributed by atoms with van der Waals surface area (Å²) in [5.41, 5.74) is 3.04. The number of fused-ring (bicyclic) bond motifs is 1. The van der Waals surface area contributed by atoms with Gasteiger partial charge < -0.3 is 9.64 Å². The minimum Gasteiger partial charge on any atom is -0.466 e. The van der Waals surface area contributed by atoms with Gasteiger partial charge in [-0.3, -0.25) is 9.36 Å². The molecule has 0 spiro atoms. The van der Waals surface area contributed by atoms with Crippen molar-refractivity contribution in [1.82, 2.24) is 4.57 Å². The van der Waals surface area contributed by atoms with Gasteiger partial charge in [0.1, 0.15) is 5.82 Å². The summed E-state index contributed by atoms with van der Waals surface area (Å²) >= 11 is 1.23. The van der Waals surface area contributed by atoms with Crippen LogP contribution in [0.5, 0.6) is 0 Å². The fourth-order valence-electron chi connectivity index (χ4n) is 3.67. The van der Waals surface area contributed by atoms with Gasteiger partial charge in [0, 0.05) is 19.8 Å². The number of carbonyl (C=O) groups is 1. The molecule has 6 nitrogen and oxygen atoms in total. The number of carbonyl (C=O) groups excluding carboxylic acids is 1. The van der Waals surface area contributed by atoms with Crippen LogP contribution in [0.25, 0.3) is 6.08 Å². The summed E-state index contributed by atoms with van der Waals surface area (Å²) in [6.45, 7) is 1.74. The molecule has 1 atom stereocenters. The monoisotopic (exact) mass is 451 g/mol. The number of hydrogen-bond acceptors (Lipinski definition) is 6. The Morgan fingerprint density at radius 2 is 1.81 bits per heavy atom. The first-order chi connectivity index (χ1) is 15.3. The summed E-state index contributed by atoms with van der Waals surface area (Å²) in [7, 11) is 5.20. The number of esters is 1. The van der Waals surface area contributed by atoms with E-state index in [9.17, 15) is 14.0 Å². The predicted molar refractivity (Wildman–Crippen MR) is 123 cm³/mol. The summed E-state index contributed by atoms with van der Waals surface area (Å²) in [5, 5.41) is 0. The van der Waals surface area contributed by atoms with Crippen LogP contribution in [0.15, 0.2) is 69.6 Å². The van der Waals surface area contributed by atoms with Gasteiger partial charge in [-0.05, 0) is 48.4 Å². The van der Waals surface area contributed by atoms with E-state index < -0.39 is 12.0 Å². The molecule has 1 aliphatic rings. The number of thiazole rings is 1. The van der Waals surface area contributed by atoms with Crippen LogP contribution in [0.1, 0.15) is 24.1 Å². The molecule has 0 radical (unpaired) electrons. The van der Waals surface area contributed by atoms with Crippen LogP contribution < -0.4 is 19.8 Å². The lowest BCUT2D eigenvalue weighted by molar-refractivity contribution is -0.136. The quantitative estimate of drug-likeness (QED) is 0.572. The Bertz CT molecular complexity index is 1380. The van der Waals surface area contributed by atoms with Crippen LogP contribution >= 0.6 is 11.3 Å². The topological polar surface area (TPSA) is 63.9 Å². The number of halogens is 1. The maximum Gasteiger partial charge on any atom is 0.338 e. The van der Waals surface area contributed by atoms with E-state index in [-0.39, 0.29) is 11.4 Å². The molecule has 0 N–H and O–H groups in total. The zero-order valence-electron chi connectivity index (χ0n) is 18.1. The van der Waals surface area contributed by atoms with E-state index in [2.05, 4.69) is 4.99 Å². The molecular formula is C24H22FN3O3S. The van der Waals surface area contributed by atoms with E-state index in [1.54, 1.807) is 25.1 Å². The Balaban J connectivity index is 1.93. The SMILES string of the molecule is COC(=O)C1=C(C)N=c2s/c(=C/c3ccc(F)cc3)c(=O)n2C1c1ccc(N(C)C)cc1. The number of aromatic nitrogens is 1. The van der Waals surface area contributed by atoms with E-state index in [1.165, 1.54) is 35.1 Å². The molecule has 0 aliphatic carbocycles. The predicted octanol–water partition coefficient (Wildman–Crippen LogP) is 2.61. The first-order valence-electron chi connectivity index (χ1n) is 9.94. The Morgan fingerprint density at radius 1 is 1.16 bits per heavy atom. The molecule has 0 amide bonds. The lowest BCUT2D eigenvalue weighted by Crippen LogP contribution is -2.39. The first-order valence-corrected chi connectivity index (χ1v) is 10.8. The number of allylic oxidation sites excluding steroid dienone is 1.